The molecule has 0 aliphatic rings. The number of carbonyl (C=O) groups excluding carboxylic acids is 1. The normalized spacial score (nSPS) is 11.2. The maximum Gasteiger partial charge on any atom is 0.195 e. The molecular weight excluding hydrogens is 340 g/mol. The Morgan fingerprint density at radius 1 is 1.21 bits per heavy atom. The number of allylic oxidation sites excluding steroid dienone is 1. The fourth-order valence-corrected chi connectivity index (χ4v) is 3.59. The Labute approximate surface area is 150 Å². The number of benzene rings is 1. The second-order valence-electron chi connectivity index (χ2n) is 5.43. The largest absolute Gasteiger partial charge is 0.457 e. The molecular formula is C20H17ClO2S. The van der Waals surface area contributed by atoms with Gasteiger partial charge in [0.05, 0.1) is 4.88 Å². The lowest BCUT2D eigenvalue weighted by Crippen LogP contribution is -1.88. The van der Waals surface area contributed by atoms with E-state index in [0.29, 0.717) is 10.8 Å². The van der Waals surface area contributed by atoms with Crippen molar-refractivity contribution in [2.24, 2.45) is 0 Å². The van der Waals surface area contributed by atoms with Gasteiger partial charge in [0, 0.05) is 15.5 Å². The molecule has 24 heavy (non-hydrogen) atoms. The van der Waals surface area contributed by atoms with Crippen LogP contribution >= 0.6 is 22.9 Å². The summed E-state index contributed by atoms with van der Waals surface area (Å²) in [5.74, 6) is 1.37. The molecule has 0 bridgehead atoms. The Kier molecular flexibility index (Phi) is 5.34. The molecule has 0 unspecified atom stereocenters. The number of ketones is 1. The number of halogens is 1. The minimum Gasteiger partial charge on any atom is -0.457 e. The predicted octanol–water partition coefficient (Wildman–Crippen LogP) is 6.51. The molecule has 0 N–H and O–H groups in total. The van der Waals surface area contributed by atoms with Crippen molar-refractivity contribution < 1.29 is 9.21 Å². The maximum absolute atomic E-state index is 12.2. The van der Waals surface area contributed by atoms with Crippen LogP contribution in [0.4, 0.5) is 0 Å². The van der Waals surface area contributed by atoms with Crippen molar-refractivity contribution in [1.29, 1.82) is 0 Å². The highest BCUT2D eigenvalue weighted by Gasteiger charge is 2.07. The molecule has 3 aromatic rings. The Hall–Kier alpha value is -2.10. The number of hydrogen-bond donors (Lipinski definition) is 0. The van der Waals surface area contributed by atoms with E-state index in [2.05, 4.69) is 6.92 Å². The van der Waals surface area contributed by atoms with Gasteiger partial charge in [-0.3, -0.25) is 4.79 Å². The molecule has 0 radical (unpaired) electrons. The average molecular weight is 357 g/mol. The zero-order valence-electron chi connectivity index (χ0n) is 13.3. The monoisotopic (exact) mass is 356 g/mol. The van der Waals surface area contributed by atoms with Gasteiger partial charge in [0.25, 0.3) is 0 Å². The van der Waals surface area contributed by atoms with Crippen LogP contribution in [0.25, 0.3) is 17.4 Å². The molecule has 0 atom stereocenters. The van der Waals surface area contributed by atoms with E-state index in [4.69, 9.17) is 16.0 Å². The molecule has 122 valence electrons. The molecule has 1 aromatic carbocycles. The minimum atomic E-state index is 0.00283. The summed E-state index contributed by atoms with van der Waals surface area (Å²) in [7, 11) is 0. The topological polar surface area (TPSA) is 30.2 Å². The minimum absolute atomic E-state index is 0.00283. The molecule has 0 fully saturated rings. The summed E-state index contributed by atoms with van der Waals surface area (Å²) in [6, 6.07) is 15.1. The smallest absolute Gasteiger partial charge is 0.195 e. The van der Waals surface area contributed by atoms with Gasteiger partial charge in [-0.2, -0.15) is 0 Å². The van der Waals surface area contributed by atoms with Crippen molar-refractivity contribution >= 4 is 34.8 Å². The number of furan rings is 1. The van der Waals surface area contributed by atoms with Gasteiger partial charge in [-0.1, -0.05) is 37.1 Å². The maximum atomic E-state index is 12.2. The lowest BCUT2D eigenvalue weighted by Gasteiger charge is -1.96. The third kappa shape index (κ3) is 4.05. The lowest BCUT2D eigenvalue weighted by molar-refractivity contribution is 0.105. The standard InChI is InChI=1S/C20H17ClO2S/c1-2-4-17-9-12-20(24-17)18(22)10-7-16-8-11-19(23-16)14-5-3-6-15(21)13-14/h3,5-13H,2,4H2,1H3/b10-7+. The van der Waals surface area contributed by atoms with Crippen molar-refractivity contribution in [3.05, 3.63) is 75.1 Å². The van der Waals surface area contributed by atoms with E-state index in [1.165, 1.54) is 4.88 Å². The van der Waals surface area contributed by atoms with E-state index in [1.807, 2.05) is 48.5 Å². The predicted molar refractivity (Wildman–Crippen MR) is 101 cm³/mol. The van der Waals surface area contributed by atoms with Gasteiger partial charge < -0.3 is 4.42 Å². The fourth-order valence-electron chi connectivity index (χ4n) is 2.37. The molecule has 0 aliphatic carbocycles. The van der Waals surface area contributed by atoms with E-state index in [1.54, 1.807) is 23.5 Å². The summed E-state index contributed by atoms with van der Waals surface area (Å²) in [5.41, 5.74) is 0.913. The van der Waals surface area contributed by atoms with Crippen molar-refractivity contribution in [3.63, 3.8) is 0 Å². The molecule has 2 nitrogen and oxygen atoms in total. The molecule has 0 spiro atoms. The Bertz CT molecular complexity index is 873. The fraction of sp³-hybridized carbons (Fsp3) is 0.150. The van der Waals surface area contributed by atoms with Crippen LogP contribution in [-0.2, 0) is 6.42 Å². The van der Waals surface area contributed by atoms with Crippen molar-refractivity contribution in [3.8, 4) is 11.3 Å². The van der Waals surface area contributed by atoms with Gasteiger partial charge in [-0.15, -0.1) is 11.3 Å². The van der Waals surface area contributed by atoms with Crippen LogP contribution in [0, 0.1) is 0 Å². The van der Waals surface area contributed by atoms with Crippen molar-refractivity contribution in [1.82, 2.24) is 0 Å². The van der Waals surface area contributed by atoms with Crippen LogP contribution in [0.3, 0.4) is 0 Å². The Morgan fingerprint density at radius 3 is 2.88 bits per heavy atom. The molecule has 0 amide bonds. The number of rotatable bonds is 6. The Morgan fingerprint density at radius 2 is 2.08 bits per heavy atom. The average Bonchev–Trinajstić information content (AvgIpc) is 3.22. The van der Waals surface area contributed by atoms with E-state index in [-0.39, 0.29) is 5.78 Å². The summed E-state index contributed by atoms with van der Waals surface area (Å²) in [5, 5.41) is 0.664. The highest BCUT2D eigenvalue weighted by atomic mass is 35.5. The molecule has 0 saturated heterocycles. The Balaban J connectivity index is 1.71. The first-order valence-corrected chi connectivity index (χ1v) is 9.02. The molecule has 2 heterocycles. The number of thiophene rings is 1. The van der Waals surface area contributed by atoms with E-state index < -0.39 is 0 Å². The molecule has 2 aromatic heterocycles. The van der Waals surface area contributed by atoms with Crippen LogP contribution in [0.1, 0.15) is 33.7 Å². The third-order valence-electron chi connectivity index (χ3n) is 3.54. The first-order chi connectivity index (χ1) is 11.7. The quantitative estimate of drug-likeness (QED) is 0.372. The van der Waals surface area contributed by atoms with Crippen LogP contribution in [-0.4, -0.2) is 5.78 Å². The molecule has 4 heteroatoms. The molecule has 3 rings (SSSR count). The highest BCUT2D eigenvalue weighted by molar-refractivity contribution is 7.14. The summed E-state index contributed by atoms with van der Waals surface area (Å²) >= 11 is 7.56. The second-order valence-corrected chi connectivity index (χ2v) is 7.03. The SMILES string of the molecule is CCCc1ccc(C(=O)/C=C/c2ccc(-c3cccc(Cl)c3)o2)s1. The summed E-state index contributed by atoms with van der Waals surface area (Å²) in [6.45, 7) is 2.13. The zero-order chi connectivity index (χ0) is 16.9. The zero-order valence-corrected chi connectivity index (χ0v) is 14.9. The van der Waals surface area contributed by atoms with Gasteiger partial charge in [-0.05, 0) is 55.0 Å². The molecule has 0 aliphatic heterocycles. The summed E-state index contributed by atoms with van der Waals surface area (Å²) < 4.78 is 5.76. The second kappa shape index (κ2) is 7.65. The summed E-state index contributed by atoms with van der Waals surface area (Å²) in [6.07, 6.45) is 5.36. The lowest BCUT2D eigenvalue weighted by atomic mass is 10.2. The van der Waals surface area contributed by atoms with Crippen LogP contribution in [0.5, 0.6) is 0 Å². The van der Waals surface area contributed by atoms with Gasteiger partial charge in [-0.25, -0.2) is 0 Å². The van der Waals surface area contributed by atoms with E-state index in [9.17, 15) is 4.79 Å². The summed E-state index contributed by atoms with van der Waals surface area (Å²) in [4.78, 5) is 14.2. The van der Waals surface area contributed by atoms with Crippen molar-refractivity contribution in [2.45, 2.75) is 19.8 Å². The highest BCUT2D eigenvalue weighted by Crippen LogP contribution is 2.25. The first-order valence-electron chi connectivity index (χ1n) is 7.82. The van der Waals surface area contributed by atoms with Gasteiger partial charge in [0.1, 0.15) is 11.5 Å². The van der Waals surface area contributed by atoms with Crippen molar-refractivity contribution in [2.75, 3.05) is 0 Å². The van der Waals surface area contributed by atoms with Crippen LogP contribution in [0.15, 0.2) is 59.0 Å². The van der Waals surface area contributed by atoms with E-state index in [0.717, 1.165) is 29.0 Å². The van der Waals surface area contributed by atoms with Gasteiger partial charge in [0.2, 0.25) is 0 Å². The third-order valence-corrected chi connectivity index (χ3v) is 4.93. The number of aryl methyl sites for hydroxylation is 1. The number of hydrogen-bond acceptors (Lipinski definition) is 3. The first kappa shape index (κ1) is 16.7. The van der Waals surface area contributed by atoms with E-state index >= 15 is 0 Å². The number of carbonyl (C=O) groups is 1. The van der Waals surface area contributed by atoms with Gasteiger partial charge >= 0.3 is 0 Å². The molecule has 0 saturated carbocycles. The van der Waals surface area contributed by atoms with Crippen LogP contribution in [0.2, 0.25) is 5.02 Å². The van der Waals surface area contributed by atoms with Gasteiger partial charge in [0.15, 0.2) is 5.78 Å². The van der Waals surface area contributed by atoms with Crippen LogP contribution < -0.4 is 0 Å².